The third-order valence-corrected chi connectivity index (χ3v) is 3.19. The van der Waals surface area contributed by atoms with Gasteiger partial charge in [0.2, 0.25) is 5.91 Å². The first-order valence-corrected chi connectivity index (χ1v) is 5.50. The van der Waals surface area contributed by atoms with E-state index < -0.39 is 16.9 Å². The number of nitrogens with two attached hydrogens (primary N) is 1. The number of carbonyl (C=O) groups excluding carboxylic acids is 1. The van der Waals surface area contributed by atoms with Gasteiger partial charge in [0.25, 0.3) is 0 Å². The number of hydrogen-bond acceptors (Lipinski definition) is 3. The van der Waals surface area contributed by atoms with Gasteiger partial charge in [0.1, 0.15) is 0 Å². The van der Waals surface area contributed by atoms with Gasteiger partial charge < -0.3 is 16.2 Å². The molecule has 0 saturated heterocycles. The zero-order valence-electron chi connectivity index (χ0n) is 10.5. The van der Waals surface area contributed by atoms with Crippen LogP contribution in [0.1, 0.15) is 40.5 Å². The molecule has 0 rings (SSSR count). The van der Waals surface area contributed by atoms with Crippen LogP contribution >= 0.6 is 0 Å². The third-order valence-electron chi connectivity index (χ3n) is 3.19. The van der Waals surface area contributed by atoms with Gasteiger partial charge in [0, 0.05) is 6.54 Å². The molecule has 0 aromatic carbocycles. The Morgan fingerprint density at radius 1 is 1.25 bits per heavy atom. The summed E-state index contributed by atoms with van der Waals surface area (Å²) in [5.41, 5.74) is 3.88. The summed E-state index contributed by atoms with van der Waals surface area (Å²) in [7, 11) is 0. The van der Waals surface area contributed by atoms with Crippen LogP contribution in [0, 0.1) is 5.41 Å². The van der Waals surface area contributed by atoms with Crippen LogP contribution in [-0.2, 0) is 9.59 Å². The van der Waals surface area contributed by atoms with Gasteiger partial charge in [-0.25, -0.2) is 0 Å². The fourth-order valence-electron chi connectivity index (χ4n) is 0.990. The van der Waals surface area contributed by atoms with Crippen molar-refractivity contribution in [1.29, 1.82) is 0 Å². The van der Waals surface area contributed by atoms with E-state index in [1.807, 2.05) is 6.92 Å². The van der Waals surface area contributed by atoms with Crippen molar-refractivity contribution in [3.8, 4) is 0 Å². The summed E-state index contributed by atoms with van der Waals surface area (Å²) < 4.78 is 0. The molecule has 1 amide bonds. The molecule has 0 heterocycles. The van der Waals surface area contributed by atoms with Gasteiger partial charge >= 0.3 is 5.97 Å². The lowest BCUT2D eigenvalue weighted by atomic mass is 9.87. The van der Waals surface area contributed by atoms with Crippen LogP contribution < -0.4 is 11.1 Å². The average Bonchev–Trinajstić information content (AvgIpc) is 2.24. The Morgan fingerprint density at radius 2 is 1.75 bits per heavy atom. The monoisotopic (exact) mass is 230 g/mol. The Kier molecular flexibility index (Phi) is 4.93. The lowest BCUT2D eigenvalue weighted by Gasteiger charge is -2.27. The lowest BCUT2D eigenvalue weighted by molar-refractivity contribution is -0.148. The molecule has 5 heteroatoms. The van der Waals surface area contributed by atoms with Crippen molar-refractivity contribution in [1.82, 2.24) is 5.32 Å². The number of carboxylic acid groups (broad SMARTS) is 1. The quantitative estimate of drug-likeness (QED) is 0.627. The second-order valence-electron chi connectivity index (χ2n) is 4.67. The second-order valence-corrected chi connectivity index (χ2v) is 4.67. The lowest BCUT2D eigenvalue weighted by Crippen LogP contribution is -2.53. The summed E-state index contributed by atoms with van der Waals surface area (Å²) in [4.78, 5) is 22.7. The van der Waals surface area contributed by atoms with E-state index in [0.29, 0.717) is 12.8 Å². The second kappa shape index (κ2) is 5.30. The van der Waals surface area contributed by atoms with Gasteiger partial charge in [-0.15, -0.1) is 0 Å². The van der Waals surface area contributed by atoms with E-state index in [1.54, 1.807) is 20.8 Å². The zero-order chi connectivity index (χ0) is 13.0. The van der Waals surface area contributed by atoms with Crippen LogP contribution in [0.5, 0.6) is 0 Å². The normalized spacial score (nSPS) is 18.3. The van der Waals surface area contributed by atoms with E-state index in [0.717, 1.165) is 0 Å². The van der Waals surface area contributed by atoms with Gasteiger partial charge in [-0.3, -0.25) is 9.59 Å². The SMILES string of the molecule is CCC(C)(N)C(=O)NCC(C)(CC)C(=O)O. The molecule has 0 saturated carbocycles. The molecule has 0 aliphatic heterocycles. The molecule has 5 nitrogen and oxygen atoms in total. The van der Waals surface area contributed by atoms with Crippen molar-refractivity contribution in [3.05, 3.63) is 0 Å². The van der Waals surface area contributed by atoms with Crippen molar-refractivity contribution in [3.63, 3.8) is 0 Å². The minimum atomic E-state index is -0.937. The molecule has 94 valence electrons. The van der Waals surface area contributed by atoms with Crippen molar-refractivity contribution in [2.24, 2.45) is 11.1 Å². The van der Waals surface area contributed by atoms with Crippen molar-refractivity contribution >= 4 is 11.9 Å². The van der Waals surface area contributed by atoms with Crippen molar-refractivity contribution in [2.45, 2.75) is 46.1 Å². The van der Waals surface area contributed by atoms with E-state index >= 15 is 0 Å². The summed E-state index contributed by atoms with van der Waals surface area (Å²) in [6, 6.07) is 0. The first-order chi connectivity index (χ1) is 7.19. The Morgan fingerprint density at radius 3 is 2.06 bits per heavy atom. The van der Waals surface area contributed by atoms with Crippen molar-refractivity contribution in [2.75, 3.05) is 6.54 Å². The van der Waals surface area contributed by atoms with E-state index in [9.17, 15) is 9.59 Å². The highest BCUT2D eigenvalue weighted by atomic mass is 16.4. The Hall–Kier alpha value is -1.10. The van der Waals surface area contributed by atoms with Gasteiger partial charge in [-0.1, -0.05) is 13.8 Å². The third kappa shape index (κ3) is 3.48. The number of aliphatic carboxylic acids is 1. The average molecular weight is 230 g/mol. The van der Waals surface area contributed by atoms with Crippen LogP contribution in [0.15, 0.2) is 0 Å². The maximum absolute atomic E-state index is 11.7. The Bertz CT molecular complexity index is 276. The molecule has 0 aromatic heterocycles. The van der Waals surface area contributed by atoms with Crippen molar-refractivity contribution < 1.29 is 14.7 Å². The largest absolute Gasteiger partial charge is 0.481 e. The van der Waals surface area contributed by atoms with E-state index in [4.69, 9.17) is 10.8 Å². The number of carbonyl (C=O) groups is 2. The molecule has 16 heavy (non-hydrogen) atoms. The fourth-order valence-corrected chi connectivity index (χ4v) is 0.990. The molecular weight excluding hydrogens is 208 g/mol. The molecule has 0 radical (unpaired) electrons. The molecule has 0 aliphatic carbocycles. The predicted molar refractivity (Wildman–Crippen MR) is 61.9 cm³/mol. The number of carboxylic acids is 1. The van der Waals surface area contributed by atoms with E-state index in [-0.39, 0.29) is 12.5 Å². The molecule has 0 aromatic rings. The molecular formula is C11H22N2O3. The van der Waals surface area contributed by atoms with Gasteiger partial charge in [-0.05, 0) is 26.7 Å². The smallest absolute Gasteiger partial charge is 0.311 e. The summed E-state index contributed by atoms with van der Waals surface area (Å²) in [6.45, 7) is 6.93. The standard InChI is InChI=1S/C11H22N2O3/c1-5-10(3,9(15)16)7-13-8(14)11(4,12)6-2/h5-7,12H2,1-4H3,(H,13,14)(H,15,16). The van der Waals surface area contributed by atoms with Crippen LogP contribution in [0.2, 0.25) is 0 Å². The number of amides is 1. The fraction of sp³-hybridized carbons (Fsp3) is 0.818. The van der Waals surface area contributed by atoms with E-state index in [2.05, 4.69) is 5.32 Å². The van der Waals surface area contributed by atoms with Gasteiger partial charge in [-0.2, -0.15) is 0 Å². The number of nitrogens with one attached hydrogen (secondary N) is 1. The molecule has 0 bridgehead atoms. The summed E-state index contributed by atoms with van der Waals surface area (Å²) >= 11 is 0. The number of rotatable bonds is 6. The first kappa shape index (κ1) is 14.9. The summed E-state index contributed by atoms with van der Waals surface area (Å²) in [5.74, 6) is -1.22. The molecule has 0 fully saturated rings. The minimum absolute atomic E-state index is 0.102. The van der Waals surface area contributed by atoms with Crippen LogP contribution in [0.4, 0.5) is 0 Å². The predicted octanol–water partition coefficient (Wildman–Crippen LogP) is 0.731. The van der Waals surface area contributed by atoms with Crippen LogP contribution in [-0.4, -0.2) is 29.1 Å². The van der Waals surface area contributed by atoms with E-state index in [1.165, 1.54) is 0 Å². The molecule has 0 aliphatic rings. The summed E-state index contributed by atoms with van der Waals surface area (Å²) in [6.07, 6.45) is 0.963. The minimum Gasteiger partial charge on any atom is -0.481 e. The van der Waals surface area contributed by atoms with Gasteiger partial charge in [0.05, 0.1) is 11.0 Å². The maximum Gasteiger partial charge on any atom is 0.311 e. The topological polar surface area (TPSA) is 92.4 Å². The summed E-state index contributed by atoms with van der Waals surface area (Å²) in [5, 5.41) is 11.6. The molecule has 0 spiro atoms. The Labute approximate surface area is 96.4 Å². The highest BCUT2D eigenvalue weighted by Gasteiger charge is 2.34. The van der Waals surface area contributed by atoms with Gasteiger partial charge in [0.15, 0.2) is 0 Å². The van der Waals surface area contributed by atoms with Crippen LogP contribution in [0.3, 0.4) is 0 Å². The zero-order valence-corrected chi connectivity index (χ0v) is 10.5. The highest BCUT2D eigenvalue weighted by molar-refractivity contribution is 5.86. The van der Waals surface area contributed by atoms with Crippen LogP contribution in [0.25, 0.3) is 0 Å². The Balaban J connectivity index is 4.45. The molecule has 2 atom stereocenters. The first-order valence-electron chi connectivity index (χ1n) is 5.50. The molecule has 4 N–H and O–H groups in total. The molecule has 2 unspecified atom stereocenters. The number of hydrogen-bond donors (Lipinski definition) is 3. The highest BCUT2D eigenvalue weighted by Crippen LogP contribution is 2.20. The maximum atomic E-state index is 11.7.